The van der Waals surface area contributed by atoms with E-state index >= 15 is 0 Å². The van der Waals surface area contributed by atoms with Crippen LogP contribution < -0.4 is 8.92 Å². The zero-order chi connectivity index (χ0) is 17.8. The zero-order valence-corrected chi connectivity index (χ0v) is 15.3. The molecule has 0 unspecified atom stereocenters. The van der Waals surface area contributed by atoms with Crippen molar-refractivity contribution in [1.29, 1.82) is 0 Å². The Hall–Kier alpha value is -1.76. The summed E-state index contributed by atoms with van der Waals surface area (Å²) >= 11 is 0. The Balaban J connectivity index is 3.15. The lowest BCUT2D eigenvalue weighted by atomic mass is 10.1. The number of carbonyl (C=O) groups is 1. The van der Waals surface area contributed by atoms with E-state index in [1.54, 1.807) is 36.9 Å². The molecule has 1 rings (SSSR count). The van der Waals surface area contributed by atoms with E-state index in [1.165, 1.54) is 14.0 Å². The van der Waals surface area contributed by atoms with Crippen LogP contribution in [0.25, 0.3) is 0 Å². The standard InChI is InChI=1S/C16H25NO5S/c1-11(2)17(13(5)18)10-14-7-8-15(21-6)16(9-14)22-23(19,20)12(3)4/h7-9,11-12H,10H2,1-6H3. The molecule has 1 aromatic carbocycles. The molecule has 0 atom stereocenters. The molecule has 7 heteroatoms. The third-order valence-corrected chi connectivity index (χ3v) is 4.96. The molecule has 0 aliphatic carbocycles. The highest BCUT2D eigenvalue weighted by molar-refractivity contribution is 7.87. The summed E-state index contributed by atoms with van der Waals surface area (Å²) in [5.41, 5.74) is 0.767. The molecule has 0 saturated carbocycles. The van der Waals surface area contributed by atoms with Gasteiger partial charge in [-0.15, -0.1) is 0 Å². The molecule has 0 spiro atoms. The van der Waals surface area contributed by atoms with E-state index in [-0.39, 0.29) is 17.7 Å². The van der Waals surface area contributed by atoms with Gasteiger partial charge in [0.25, 0.3) is 0 Å². The van der Waals surface area contributed by atoms with Gasteiger partial charge < -0.3 is 13.8 Å². The molecule has 1 amide bonds. The van der Waals surface area contributed by atoms with Crippen molar-refractivity contribution in [2.24, 2.45) is 0 Å². The Kier molecular flexibility index (Phi) is 6.44. The molecular formula is C16H25NO5S. The molecule has 0 aliphatic heterocycles. The van der Waals surface area contributed by atoms with Crippen LogP contribution in [0.2, 0.25) is 0 Å². The van der Waals surface area contributed by atoms with Gasteiger partial charge in [-0.05, 0) is 45.4 Å². The third kappa shape index (κ3) is 5.13. The molecule has 1 aromatic rings. The number of carbonyl (C=O) groups excluding carboxylic acids is 1. The average molecular weight is 343 g/mol. The topological polar surface area (TPSA) is 72.9 Å². The van der Waals surface area contributed by atoms with Gasteiger partial charge in [0.15, 0.2) is 11.5 Å². The minimum absolute atomic E-state index is 0.0402. The molecule has 0 fully saturated rings. The van der Waals surface area contributed by atoms with Crippen molar-refractivity contribution in [2.75, 3.05) is 7.11 Å². The van der Waals surface area contributed by atoms with Gasteiger partial charge in [0.2, 0.25) is 5.91 Å². The quantitative estimate of drug-likeness (QED) is 0.712. The summed E-state index contributed by atoms with van der Waals surface area (Å²) in [4.78, 5) is 13.4. The van der Waals surface area contributed by atoms with Gasteiger partial charge in [0.1, 0.15) is 0 Å². The molecule has 0 saturated heterocycles. The number of methoxy groups -OCH3 is 1. The molecule has 0 radical (unpaired) electrons. The van der Waals surface area contributed by atoms with E-state index in [9.17, 15) is 13.2 Å². The van der Waals surface area contributed by atoms with Crippen molar-refractivity contribution in [1.82, 2.24) is 4.90 Å². The highest BCUT2D eigenvalue weighted by atomic mass is 32.2. The molecule has 0 aliphatic rings. The van der Waals surface area contributed by atoms with Crippen molar-refractivity contribution in [2.45, 2.75) is 52.5 Å². The SMILES string of the molecule is COc1ccc(CN(C(C)=O)C(C)C)cc1OS(=O)(=O)C(C)C. The predicted octanol–water partition coefficient (Wildman–Crippen LogP) is 2.57. The summed E-state index contributed by atoms with van der Waals surface area (Å²) in [6.07, 6.45) is 0. The summed E-state index contributed by atoms with van der Waals surface area (Å²) in [6, 6.07) is 5.06. The first kappa shape index (κ1) is 19.3. The Bertz CT molecular complexity index is 652. The maximum Gasteiger partial charge on any atom is 0.311 e. The predicted molar refractivity (Wildman–Crippen MR) is 89.0 cm³/mol. The number of amides is 1. The number of nitrogens with zero attached hydrogens (tertiary/aromatic N) is 1. The van der Waals surface area contributed by atoms with Gasteiger partial charge in [0.05, 0.1) is 12.4 Å². The van der Waals surface area contributed by atoms with Crippen LogP contribution in [-0.2, 0) is 21.5 Å². The van der Waals surface area contributed by atoms with Gasteiger partial charge in [-0.25, -0.2) is 0 Å². The van der Waals surface area contributed by atoms with E-state index < -0.39 is 15.4 Å². The molecule has 23 heavy (non-hydrogen) atoms. The van der Waals surface area contributed by atoms with Gasteiger partial charge >= 0.3 is 10.1 Å². The second kappa shape index (κ2) is 7.68. The number of ether oxygens (including phenoxy) is 1. The number of rotatable bonds is 7. The average Bonchev–Trinajstić information content (AvgIpc) is 2.43. The van der Waals surface area contributed by atoms with Crippen LogP contribution >= 0.6 is 0 Å². The van der Waals surface area contributed by atoms with Crippen molar-refractivity contribution in [3.63, 3.8) is 0 Å². The van der Waals surface area contributed by atoms with Crippen LogP contribution in [0.4, 0.5) is 0 Å². The van der Waals surface area contributed by atoms with Gasteiger partial charge in [0, 0.05) is 19.5 Å². The lowest BCUT2D eigenvalue weighted by molar-refractivity contribution is -0.131. The largest absolute Gasteiger partial charge is 0.493 e. The van der Waals surface area contributed by atoms with Crippen LogP contribution in [0.15, 0.2) is 18.2 Å². The van der Waals surface area contributed by atoms with Crippen molar-refractivity contribution in [3.05, 3.63) is 23.8 Å². The second-order valence-electron chi connectivity index (χ2n) is 5.85. The fourth-order valence-corrected chi connectivity index (χ4v) is 2.53. The summed E-state index contributed by atoms with van der Waals surface area (Å²) in [5, 5.41) is -0.666. The Morgan fingerprint density at radius 1 is 1.17 bits per heavy atom. The monoisotopic (exact) mass is 343 g/mol. The lowest BCUT2D eigenvalue weighted by Gasteiger charge is -2.25. The maximum atomic E-state index is 12.0. The molecule has 130 valence electrons. The van der Waals surface area contributed by atoms with E-state index in [0.29, 0.717) is 12.3 Å². The van der Waals surface area contributed by atoms with E-state index in [1.807, 2.05) is 13.8 Å². The van der Waals surface area contributed by atoms with Gasteiger partial charge in [-0.3, -0.25) is 4.79 Å². The Morgan fingerprint density at radius 3 is 2.22 bits per heavy atom. The highest BCUT2D eigenvalue weighted by Gasteiger charge is 2.21. The first-order valence-corrected chi connectivity index (χ1v) is 8.93. The molecule has 0 bridgehead atoms. The fourth-order valence-electron chi connectivity index (χ4n) is 1.96. The highest BCUT2D eigenvalue weighted by Crippen LogP contribution is 2.30. The minimum atomic E-state index is -3.72. The normalized spacial score (nSPS) is 11.7. The van der Waals surface area contributed by atoms with E-state index in [0.717, 1.165) is 5.56 Å². The fraction of sp³-hybridized carbons (Fsp3) is 0.562. The summed E-state index contributed by atoms with van der Waals surface area (Å²) in [6.45, 7) is 8.81. The number of hydrogen-bond donors (Lipinski definition) is 0. The molecule has 0 aromatic heterocycles. The molecule has 6 nitrogen and oxygen atoms in total. The summed E-state index contributed by atoms with van der Waals surface area (Å²) in [5.74, 6) is 0.413. The van der Waals surface area contributed by atoms with E-state index in [2.05, 4.69) is 0 Å². The van der Waals surface area contributed by atoms with Crippen LogP contribution in [0, 0.1) is 0 Å². The van der Waals surface area contributed by atoms with Gasteiger partial charge in [-0.2, -0.15) is 8.42 Å². The number of hydrogen-bond acceptors (Lipinski definition) is 5. The summed E-state index contributed by atoms with van der Waals surface area (Å²) in [7, 11) is -2.28. The zero-order valence-electron chi connectivity index (χ0n) is 14.5. The second-order valence-corrected chi connectivity index (χ2v) is 7.95. The maximum absolute atomic E-state index is 12.0. The van der Waals surface area contributed by atoms with Gasteiger partial charge in [-0.1, -0.05) is 6.07 Å². The molecular weight excluding hydrogens is 318 g/mol. The van der Waals surface area contributed by atoms with Crippen LogP contribution in [-0.4, -0.2) is 37.6 Å². The molecule has 0 heterocycles. The van der Waals surface area contributed by atoms with Crippen LogP contribution in [0.1, 0.15) is 40.2 Å². The van der Waals surface area contributed by atoms with E-state index in [4.69, 9.17) is 8.92 Å². The summed E-state index contributed by atoms with van der Waals surface area (Å²) < 4.78 is 34.3. The van der Waals surface area contributed by atoms with Crippen LogP contribution in [0.3, 0.4) is 0 Å². The smallest absolute Gasteiger partial charge is 0.311 e. The first-order valence-electron chi connectivity index (χ1n) is 7.46. The Labute approximate surface area is 138 Å². The number of benzene rings is 1. The van der Waals surface area contributed by atoms with Crippen molar-refractivity contribution in [3.8, 4) is 11.5 Å². The van der Waals surface area contributed by atoms with Crippen molar-refractivity contribution < 1.29 is 22.1 Å². The lowest BCUT2D eigenvalue weighted by Crippen LogP contribution is -2.34. The first-order chi connectivity index (χ1) is 10.6. The van der Waals surface area contributed by atoms with Crippen LogP contribution in [0.5, 0.6) is 11.5 Å². The minimum Gasteiger partial charge on any atom is -0.493 e. The van der Waals surface area contributed by atoms with Crippen molar-refractivity contribution >= 4 is 16.0 Å². The Morgan fingerprint density at radius 2 is 1.78 bits per heavy atom. The molecule has 0 N–H and O–H groups in total. The third-order valence-electron chi connectivity index (χ3n) is 3.39.